The highest BCUT2D eigenvalue weighted by molar-refractivity contribution is 9.10. The normalized spacial score (nSPS) is 10.1. The predicted molar refractivity (Wildman–Crippen MR) is 69.5 cm³/mol. The zero-order valence-corrected chi connectivity index (χ0v) is 10.1. The molecule has 0 saturated carbocycles. The monoisotopic (exact) mass is 278 g/mol. The molecular weight excluding hydrogens is 268 g/mol. The molecule has 16 heavy (non-hydrogen) atoms. The van der Waals surface area contributed by atoms with Crippen LogP contribution in [0.15, 0.2) is 46.9 Å². The van der Waals surface area contributed by atoms with Crippen molar-refractivity contribution >= 4 is 27.3 Å². The lowest BCUT2D eigenvalue weighted by molar-refractivity contribution is 0.483. The third-order valence-electron chi connectivity index (χ3n) is 2.01. The Morgan fingerprint density at radius 1 is 0.812 bits per heavy atom. The van der Waals surface area contributed by atoms with Gasteiger partial charge in [-0.3, -0.25) is 0 Å². The molecule has 0 saturated heterocycles. The number of nitrogens with two attached hydrogens (primary N) is 2. The third-order valence-corrected chi connectivity index (χ3v) is 2.47. The Hall–Kier alpha value is -1.68. The van der Waals surface area contributed by atoms with Crippen LogP contribution in [0.3, 0.4) is 0 Å². The number of anilines is 2. The molecule has 2 aromatic rings. The van der Waals surface area contributed by atoms with Crippen molar-refractivity contribution in [3.63, 3.8) is 0 Å². The van der Waals surface area contributed by atoms with Crippen molar-refractivity contribution in [3.05, 3.63) is 46.9 Å². The molecule has 0 spiro atoms. The second-order valence-electron chi connectivity index (χ2n) is 3.39. The second kappa shape index (κ2) is 4.45. The summed E-state index contributed by atoms with van der Waals surface area (Å²) >= 11 is 3.36. The van der Waals surface area contributed by atoms with E-state index in [0.717, 1.165) is 10.2 Å². The zero-order chi connectivity index (χ0) is 11.5. The van der Waals surface area contributed by atoms with Gasteiger partial charge in [-0.1, -0.05) is 15.9 Å². The van der Waals surface area contributed by atoms with Crippen LogP contribution in [0, 0.1) is 0 Å². The summed E-state index contributed by atoms with van der Waals surface area (Å²) in [6.07, 6.45) is 0. The number of ether oxygens (including phenoxy) is 1. The van der Waals surface area contributed by atoms with Crippen molar-refractivity contribution < 1.29 is 4.74 Å². The van der Waals surface area contributed by atoms with Gasteiger partial charge in [-0.15, -0.1) is 0 Å². The van der Waals surface area contributed by atoms with Crippen molar-refractivity contribution in [2.75, 3.05) is 11.5 Å². The van der Waals surface area contributed by atoms with Crippen molar-refractivity contribution in [3.8, 4) is 11.5 Å². The molecule has 0 radical (unpaired) electrons. The van der Waals surface area contributed by atoms with Crippen LogP contribution in [0.25, 0.3) is 0 Å². The van der Waals surface area contributed by atoms with Gasteiger partial charge in [-0.05, 0) is 36.4 Å². The standard InChI is InChI=1S/C12H11BrN2O/c13-8-5-10(15)7-12(6-8)16-11-3-1-9(14)2-4-11/h1-7H,14-15H2. The molecule has 0 aliphatic carbocycles. The minimum atomic E-state index is 0.653. The van der Waals surface area contributed by atoms with Gasteiger partial charge in [-0.2, -0.15) is 0 Å². The fraction of sp³-hybridized carbons (Fsp3) is 0. The first-order valence-electron chi connectivity index (χ1n) is 4.73. The fourth-order valence-corrected chi connectivity index (χ4v) is 1.81. The van der Waals surface area contributed by atoms with Crippen LogP contribution in [0.2, 0.25) is 0 Å². The Kier molecular flexibility index (Phi) is 3.01. The molecule has 3 nitrogen and oxygen atoms in total. The summed E-state index contributed by atoms with van der Waals surface area (Å²) in [4.78, 5) is 0. The Balaban J connectivity index is 2.23. The van der Waals surface area contributed by atoms with Crippen molar-refractivity contribution in [2.45, 2.75) is 0 Å². The predicted octanol–water partition coefficient (Wildman–Crippen LogP) is 3.41. The molecular formula is C12H11BrN2O. The summed E-state index contributed by atoms with van der Waals surface area (Å²) in [6, 6.07) is 12.6. The highest BCUT2D eigenvalue weighted by Crippen LogP contribution is 2.27. The zero-order valence-electron chi connectivity index (χ0n) is 8.48. The van der Waals surface area contributed by atoms with Gasteiger partial charge >= 0.3 is 0 Å². The first-order chi connectivity index (χ1) is 7.63. The summed E-state index contributed by atoms with van der Waals surface area (Å²) in [6.45, 7) is 0. The first kappa shape index (κ1) is 10.8. The maximum atomic E-state index is 5.71. The SMILES string of the molecule is Nc1ccc(Oc2cc(N)cc(Br)c2)cc1. The lowest BCUT2D eigenvalue weighted by atomic mass is 10.3. The Morgan fingerprint density at radius 2 is 1.50 bits per heavy atom. The van der Waals surface area contributed by atoms with Gasteiger partial charge < -0.3 is 16.2 Å². The van der Waals surface area contributed by atoms with E-state index < -0.39 is 0 Å². The Labute approximate surface area is 102 Å². The molecule has 4 N–H and O–H groups in total. The Bertz CT molecular complexity index is 477. The number of halogens is 1. The molecule has 2 aromatic carbocycles. The van der Waals surface area contributed by atoms with Crippen molar-refractivity contribution in [1.82, 2.24) is 0 Å². The van der Waals surface area contributed by atoms with Gasteiger partial charge in [0, 0.05) is 21.9 Å². The van der Waals surface area contributed by atoms with E-state index in [2.05, 4.69) is 15.9 Å². The highest BCUT2D eigenvalue weighted by atomic mass is 79.9. The number of rotatable bonds is 2. The average molecular weight is 279 g/mol. The summed E-state index contributed by atoms with van der Waals surface area (Å²) in [7, 11) is 0. The maximum absolute atomic E-state index is 5.71. The van der Waals surface area contributed by atoms with Crippen LogP contribution < -0.4 is 16.2 Å². The summed E-state index contributed by atoms with van der Waals surface area (Å²) in [5.74, 6) is 1.42. The average Bonchev–Trinajstić information content (AvgIpc) is 2.20. The van der Waals surface area contributed by atoms with E-state index in [4.69, 9.17) is 16.2 Å². The molecule has 0 aliphatic rings. The van der Waals surface area contributed by atoms with Crippen LogP contribution in [0.4, 0.5) is 11.4 Å². The van der Waals surface area contributed by atoms with E-state index >= 15 is 0 Å². The molecule has 82 valence electrons. The van der Waals surface area contributed by atoms with Gasteiger partial charge in [0.15, 0.2) is 0 Å². The molecule has 0 bridgehead atoms. The van der Waals surface area contributed by atoms with E-state index in [0.29, 0.717) is 17.1 Å². The smallest absolute Gasteiger partial charge is 0.130 e. The molecule has 0 amide bonds. The quantitative estimate of drug-likeness (QED) is 0.828. The molecule has 0 unspecified atom stereocenters. The molecule has 0 aromatic heterocycles. The largest absolute Gasteiger partial charge is 0.457 e. The highest BCUT2D eigenvalue weighted by Gasteiger charge is 2.00. The summed E-state index contributed by atoms with van der Waals surface area (Å²) in [5, 5.41) is 0. The van der Waals surface area contributed by atoms with Gasteiger partial charge in [0.25, 0.3) is 0 Å². The minimum absolute atomic E-state index is 0.653. The molecule has 0 aliphatic heterocycles. The topological polar surface area (TPSA) is 61.3 Å². The number of nitrogen functional groups attached to an aromatic ring is 2. The maximum Gasteiger partial charge on any atom is 0.130 e. The first-order valence-corrected chi connectivity index (χ1v) is 5.52. The number of benzene rings is 2. The third kappa shape index (κ3) is 2.67. The Morgan fingerprint density at radius 3 is 2.12 bits per heavy atom. The van der Waals surface area contributed by atoms with Gasteiger partial charge in [-0.25, -0.2) is 0 Å². The summed E-state index contributed by atoms with van der Waals surface area (Å²) < 4.78 is 6.52. The van der Waals surface area contributed by atoms with Crippen LogP contribution in [-0.4, -0.2) is 0 Å². The van der Waals surface area contributed by atoms with E-state index in [1.807, 2.05) is 24.3 Å². The van der Waals surface area contributed by atoms with E-state index in [1.165, 1.54) is 0 Å². The minimum Gasteiger partial charge on any atom is -0.457 e. The molecule has 2 rings (SSSR count). The summed E-state index contributed by atoms with van der Waals surface area (Å²) in [5.41, 5.74) is 12.7. The van der Waals surface area contributed by atoms with Crippen molar-refractivity contribution in [1.29, 1.82) is 0 Å². The van der Waals surface area contributed by atoms with Gasteiger partial charge in [0.05, 0.1) is 0 Å². The van der Waals surface area contributed by atoms with E-state index in [-0.39, 0.29) is 0 Å². The van der Waals surface area contributed by atoms with Crippen LogP contribution in [0.1, 0.15) is 0 Å². The lowest BCUT2D eigenvalue weighted by Gasteiger charge is -2.07. The lowest BCUT2D eigenvalue weighted by Crippen LogP contribution is -1.89. The fourth-order valence-electron chi connectivity index (χ4n) is 1.32. The van der Waals surface area contributed by atoms with Gasteiger partial charge in [0.1, 0.15) is 11.5 Å². The number of hydrogen-bond donors (Lipinski definition) is 2. The van der Waals surface area contributed by atoms with Crippen LogP contribution >= 0.6 is 15.9 Å². The van der Waals surface area contributed by atoms with E-state index in [9.17, 15) is 0 Å². The van der Waals surface area contributed by atoms with E-state index in [1.54, 1.807) is 18.2 Å². The molecule has 0 fully saturated rings. The molecule has 4 heteroatoms. The molecule has 0 heterocycles. The van der Waals surface area contributed by atoms with Gasteiger partial charge in [0.2, 0.25) is 0 Å². The molecule has 0 atom stereocenters. The van der Waals surface area contributed by atoms with Crippen molar-refractivity contribution in [2.24, 2.45) is 0 Å². The van der Waals surface area contributed by atoms with Crippen LogP contribution in [-0.2, 0) is 0 Å². The van der Waals surface area contributed by atoms with Crippen LogP contribution in [0.5, 0.6) is 11.5 Å². The number of hydrogen-bond acceptors (Lipinski definition) is 3. The second-order valence-corrected chi connectivity index (χ2v) is 4.31.